The van der Waals surface area contributed by atoms with Crippen molar-refractivity contribution >= 4 is 11.9 Å². The Labute approximate surface area is 126 Å². The van der Waals surface area contributed by atoms with Crippen LogP contribution in [0.4, 0.5) is 0 Å². The van der Waals surface area contributed by atoms with E-state index in [1.54, 1.807) is 17.9 Å². The minimum Gasteiger partial charge on any atom is -0.466 e. The van der Waals surface area contributed by atoms with E-state index in [0.29, 0.717) is 32.5 Å². The Morgan fingerprint density at radius 1 is 1.24 bits per heavy atom. The van der Waals surface area contributed by atoms with Crippen molar-refractivity contribution < 1.29 is 14.3 Å². The summed E-state index contributed by atoms with van der Waals surface area (Å²) < 4.78 is 4.88. The first-order valence-corrected chi connectivity index (χ1v) is 7.25. The second-order valence-electron chi connectivity index (χ2n) is 4.67. The van der Waals surface area contributed by atoms with Gasteiger partial charge in [0, 0.05) is 19.5 Å². The quantitative estimate of drug-likeness (QED) is 0.518. The molecule has 0 spiro atoms. The predicted molar refractivity (Wildman–Crippen MR) is 82.8 cm³/mol. The molecule has 0 heterocycles. The third-order valence-corrected chi connectivity index (χ3v) is 3.06. The Morgan fingerprint density at radius 2 is 1.95 bits per heavy atom. The summed E-state index contributed by atoms with van der Waals surface area (Å²) in [6.07, 6.45) is 3.03. The molecule has 0 atom stereocenters. The number of ether oxygens (including phenoxy) is 1. The fourth-order valence-electron chi connectivity index (χ4n) is 1.99. The van der Waals surface area contributed by atoms with Crippen LogP contribution < -0.4 is 0 Å². The lowest BCUT2D eigenvalue weighted by Gasteiger charge is -2.20. The largest absolute Gasteiger partial charge is 0.466 e. The molecule has 4 heteroatoms. The van der Waals surface area contributed by atoms with Crippen LogP contribution in [-0.2, 0) is 20.7 Å². The van der Waals surface area contributed by atoms with Crippen LogP contribution in [0.2, 0.25) is 0 Å². The normalized spacial score (nSPS) is 9.95. The van der Waals surface area contributed by atoms with Gasteiger partial charge in [0.05, 0.1) is 13.0 Å². The monoisotopic (exact) mass is 289 g/mol. The molecule has 0 aromatic heterocycles. The summed E-state index contributed by atoms with van der Waals surface area (Å²) in [5.41, 5.74) is 1.13. The van der Waals surface area contributed by atoms with Gasteiger partial charge in [-0.25, -0.2) is 0 Å². The average Bonchev–Trinajstić information content (AvgIpc) is 2.50. The van der Waals surface area contributed by atoms with Crippen LogP contribution >= 0.6 is 0 Å². The number of aryl methyl sites for hydroxylation is 1. The van der Waals surface area contributed by atoms with Crippen molar-refractivity contribution in [2.75, 3.05) is 19.7 Å². The average molecular weight is 289 g/mol. The van der Waals surface area contributed by atoms with Crippen LogP contribution in [0, 0.1) is 0 Å². The van der Waals surface area contributed by atoms with Crippen LogP contribution in [0.5, 0.6) is 0 Å². The maximum absolute atomic E-state index is 12.2. The van der Waals surface area contributed by atoms with Gasteiger partial charge in [-0.15, -0.1) is 6.58 Å². The maximum atomic E-state index is 12.2. The van der Waals surface area contributed by atoms with Crippen molar-refractivity contribution in [2.24, 2.45) is 0 Å². The number of hydrogen-bond donors (Lipinski definition) is 0. The van der Waals surface area contributed by atoms with Crippen LogP contribution in [0.3, 0.4) is 0 Å². The van der Waals surface area contributed by atoms with E-state index in [-0.39, 0.29) is 18.3 Å². The zero-order valence-electron chi connectivity index (χ0n) is 12.6. The molecule has 1 rings (SSSR count). The molecule has 0 aliphatic rings. The molecule has 1 aromatic rings. The molecule has 0 radical (unpaired) electrons. The highest BCUT2D eigenvalue weighted by Crippen LogP contribution is 2.06. The smallest absolute Gasteiger partial charge is 0.307 e. The van der Waals surface area contributed by atoms with Gasteiger partial charge in [-0.1, -0.05) is 36.4 Å². The van der Waals surface area contributed by atoms with E-state index in [1.165, 1.54) is 0 Å². The SMILES string of the molecule is C=CCN(CCC(=O)OCC)C(=O)CCc1ccccc1. The molecule has 0 fully saturated rings. The van der Waals surface area contributed by atoms with E-state index >= 15 is 0 Å². The van der Waals surface area contributed by atoms with Gasteiger partial charge < -0.3 is 9.64 Å². The van der Waals surface area contributed by atoms with Gasteiger partial charge >= 0.3 is 5.97 Å². The fraction of sp³-hybridized carbons (Fsp3) is 0.412. The molecule has 0 N–H and O–H groups in total. The predicted octanol–water partition coefficient (Wildman–Crippen LogP) is 2.59. The Morgan fingerprint density at radius 3 is 2.57 bits per heavy atom. The summed E-state index contributed by atoms with van der Waals surface area (Å²) >= 11 is 0. The van der Waals surface area contributed by atoms with E-state index < -0.39 is 0 Å². The van der Waals surface area contributed by atoms with Crippen LogP contribution in [0.1, 0.15) is 25.3 Å². The van der Waals surface area contributed by atoms with Gasteiger partial charge in [0.25, 0.3) is 0 Å². The second-order valence-corrected chi connectivity index (χ2v) is 4.67. The van der Waals surface area contributed by atoms with Gasteiger partial charge in [0.2, 0.25) is 5.91 Å². The molecular weight excluding hydrogens is 266 g/mol. The zero-order chi connectivity index (χ0) is 15.5. The van der Waals surface area contributed by atoms with Crippen molar-refractivity contribution in [3.8, 4) is 0 Å². The van der Waals surface area contributed by atoms with Crippen molar-refractivity contribution in [3.63, 3.8) is 0 Å². The molecule has 1 amide bonds. The Bertz CT molecular complexity index is 456. The molecular formula is C17H23NO3. The third kappa shape index (κ3) is 6.75. The lowest BCUT2D eigenvalue weighted by atomic mass is 10.1. The van der Waals surface area contributed by atoms with Crippen molar-refractivity contribution in [1.29, 1.82) is 0 Å². The molecule has 1 aromatic carbocycles. The van der Waals surface area contributed by atoms with E-state index in [2.05, 4.69) is 6.58 Å². The lowest BCUT2D eigenvalue weighted by molar-refractivity contribution is -0.144. The Balaban J connectivity index is 2.45. The van der Waals surface area contributed by atoms with Crippen LogP contribution in [0.15, 0.2) is 43.0 Å². The lowest BCUT2D eigenvalue weighted by Crippen LogP contribution is -2.33. The van der Waals surface area contributed by atoms with Gasteiger partial charge in [-0.2, -0.15) is 0 Å². The first kappa shape index (κ1) is 17.0. The molecule has 114 valence electrons. The first-order chi connectivity index (χ1) is 10.2. The Kier molecular flexibility index (Phi) is 7.87. The van der Waals surface area contributed by atoms with Gasteiger partial charge in [0.1, 0.15) is 0 Å². The molecule has 0 saturated heterocycles. The number of carbonyl (C=O) groups excluding carboxylic acids is 2. The van der Waals surface area contributed by atoms with Crippen LogP contribution in [0.25, 0.3) is 0 Å². The molecule has 21 heavy (non-hydrogen) atoms. The molecule has 0 bridgehead atoms. The molecule has 0 aliphatic heterocycles. The van der Waals surface area contributed by atoms with Crippen molar-refractivity contribution in [1.82, 2.24) is 4.90 Å². The maximum Gasteiger partial charge on any atom is 0.307 e. The first-order valence-electron chi connectivity index (χ1n) is 7.25. The number of amides is 1. The molecule has 0 unspecified atom stereocenters. The number of esters is 1. The standard InChI is InChI=1S/C17H23NO3/c1-3-13-18(14-12-17(20)21-4-2)16(19)11-10-15-8-6-5-7-9-15/h3,5-9H,1,4,10-14H2,2H3. The molecule has 0 saturated carbocycles. The summed E-state index contributed by atoms with van der Waals surface area (Å²) in [5, 5.41) is 0. The highest BCUT2D eigenvalue weighted by atomic mass is 16.5. The van der Waals surface area contributed by atoms with Crippen LogP contribution in [-0.4, -0.2) is 36.5 Å². The van der Waals surface area contributed by atoms with Gasteiger partial charge in [-0.3, -0.25) is 9.59 Å². The van der Waals surface area contributed by atoms with Gasteiger partial charge in [0.15, 0.2) is 0 Å². The summed E-state index contributed by atoms with van der Waals surface area (Å²) in [4.78, 5) is 25.2. The van der Waals surface area contributed by atoms with Crippen molar-refractivity contribution in [3.05, 3.63) is 48.6 Å². The number of nitrogens with zero attached hydrogens (tertiary/aromatic N) is 1. The van der Waals surface area contributed by atoms with Crippen molar-refractivity contribution in [2.45, 2.75) is 26.2 Å². The fourth-order valence-corrected chi connectivity index (χ4v) is 1.99. The van der Waals surface area contributed by atoms with E-state index in [9.17, 15) is 9.59 Å². The number of benzene rings is 1. The highest BCUT2D eigenvalue weighted by molar-refractivity contribution is 5.77. The van der Waals surface area contributed by atoms with E-state index in [4.69, 9.17) is 4.74 Å². The topological polar surface area (TPSA) is 46.6 Å². The summed E-state index contributed by atoms with van der Waals surface area (Å²) in [7, 11) is 0. The summed E-state index contributed by atoms with van der Waals surface area (Å²) in [5.74, 6) is -0.245. The molecule has 0 aliphatic carbocycles. The summed E-state index contributed by atoms with van der Waals surface area (Å²) in [6.45, 7) is 6.61. The number of hydrogen-bond acceptors (Lipinski definition) is 3. The highest BCUT2D eigenvalue weighted by Gasteiger charge is 2.14. The number of rotatable bonds is 9. The summed E-state index contributed by atoms with van der Waals surface area (Å²) in [6, 6.07) is 9.88. The van der Waals surface area contributed by atoms with E-state index in [1.807, 2.05) is 30.3 Å². The second kappa shape index (κ2) is 9.75. The Hall–Kier alpha value is -2.10. The van der Waals surface area contributed by atoms with E-state index in [0.717, 1.165) is 5.56 Å². The minimum absolute atomic E-state index is 0.0306. The van der Waals surface area contributed by atoms with Gasteiger partial charge in [-0.05, 0) is 18.9 Å². The minimum atomic E-state index is -0.276. The number of carbonyl (C=O) groups is 2. The zero-order valence-corrected chi connectivity index (χ0v) is 12.6. The third-order valence-electron chi connectivity index (χ3n) is 3.06. The molecule has 4 nitrogen and oxygen atoms in total.